The minimum Gasteiger partial charge on any atom is -0.482 e. The van der Waals surface area contributed by atoms with Gasteiger partial charge in [-0.3, -0.25) is 4.79 Å². The molecule has 246 valence electrons. The van der Waals surface area contributed by atoms with Crippen molar-refractivity contribution in [1.82, 2.24) is 0 Å². The molecule has 3 atom stereocenters. The van der Waals surface area contributed by atoms with Crippen molar-refractivity contribution in [3.63, 3.8) is 0 Å². The number of allylic oxidation sites excluding steroid dienone is 1. The first kappa shape index (κ1) is 32.5. The maximum Gasteiger partial charge on any atom is 0.339 e. The van der Waals surface area contributed by atoms with E-state index in [-0.39, 0.29) is 37.0 Å². The van der Waals surface area contributed by atoms with Crippen LogP contribution in [0.2, 0.25) is 0 Å². The molecule has 5 bridgehead atoms. The molecule has 0 saturated heterocycles. The van der Waals surface area contributed by atoms with Crippen molar-refractivity contribution in [3.8, 4) is 17.6 Å². The molecule has 9 heteroatoms. The van der Waals surface area contributed by atoms with Crippen LogP contribution in [0.3, 0.4) is 0 Å². The van der Waals surface area contributed by atoms with E-state index in [1.807, 2.05) is 13.8 Å². The zero-order valence-corrected chi connectivity index (χ0v) is 27.3. The number of aliphatic hydroxyl groups is 1. The Kier molecular flexibility index (Phi) is 9.27. The molecule has 0 radical (unpaired) electrons. The highest BCUT2D eigenvalue weighted by Crippen LogP contribution is 2.48. The molecule has 2 aromatic carbocycles. The summed E-state index contributed by atoms with van der Waals surface area (Å²) in [7, 11) is 1.53. The van der Waals surface area contributed by atoms with Crippen molar-refractivity contribution in [2.45, 2.75) is 96.6 Å². The van der Waals surface area contributed by atoms with Gasteiger partial charge in [-0.1, -0.05) is 35.6 Å². The normalized spacial score (nSPS) is 22.6. The van der Waals surface area contributed by atoms with Crippen molar-refractivity contribution in [3.05, 3.63) is 85.3 Å². The number of carbonyl (C=O) groups excluding carboxylic acids is 2. The third-order valence-corrected chi connectivity index (χ3v) is 9.45. The SMILES string of the molecule is COCCc1c(CO)c2ccc3c(c2oc1=O)C1OC(=O)CCCc2ccc4cc2CC#CCC(C)(O3)C1OC(=O)C(=C(C)C)CC4. The summed E-state index contributed by atoms with van der Waals surface area (Å²) in [6.07, 6.45) is 1.04. The van der Waals surface area contributed by atoms with Crippen molar-refractivity contribution in [1.29, 1.82) is 0 Å². The van der Waals surface area contributed by atoms with Gasteiger partial charge in [0, 0.05) is 42.9 Å². The van der Waals surface area contributed by atoms with Crippen molar-refractivity contribution < 1.29 is 38.1 Å². The summed E-state index contributed by atoms with van der Waals surface area (Å²) < 4.78 is 30.4. The molecule has 3 unspecified atom stereocenters. The molecule has 6 rings (SSSR count). The Bertz CT molecular complexity index is 1880. The second-order valence-corrected chi connectivity index (χ2v) is 12.9. The minimum atomic E-state index is -1.24. The molecule has 3 aliphatic rings. The highest BCUT2D eigenvalue weighted by Gasteiger charge is 2.53. The molecule has 1 N–H and O–H groups in total. The van der Waals surface area contributed by atoms with E-state index in [0.717, 1.165) is 22.3 Å². The van der Waals surface area contributed by atoms with Gasteiger partial charge < -0.3 is 28.5 Å². The van der Waals surface area contributed by atoms with E-state index in [1.54, 1.807) is 19.1 Å². The number of ether oxygens (including phenoxy) is 4. The van der Waals surface area contributed by atoms with Gasteiger partial charge in [0.05, 0.1) is 25.2 Å². The first-order valence-corrected chi connectivity index (χ1v) is 16.2. The van der Waals surface area contributed by atoms with E-state index in [2.05, 4.69) is 30.0 Å². The van der Waals surface area contributed by atoms with E-state index < -0.39 is 42.0 Å². The summed E-state index contributed by atoms with van der Waals surface area (Å²) in [5.41, 5.74) is 3.86. The van der Waals surface area contributed by atoms with Crippen LogP contribution >= 0.6 is 0 Å². The summed E-state index contributed by atoms with van der Waals surface area (Å²) in [5, 5.41) is 10.9. The summed E-state index contributed by atoms with van der Waals surface area (Å²) in [4.78, 5) is 41.1. The number of aliphatic hydroxyl groups excluding tert-OH is 1. The van der Waals surface area contributed by atoms with Crippen molar-refractivity contribution in [2.75, 3.05) is 13.7 Å². The lowest BCUT2D eigenvalue weighted by Crippen LogP contribution is -2.54. The van der Waals surface area contributed by atoms with Gasteiger partial charge in [-0.05, 0) is 80.8 Å². The Labute approximate surface area is 273 Å². The number of methoxy groups -OCH3 is 1. The maximum absolute atomic E-state index is 14.1. The van der Waals surface area contributed by atoms with Gasteiger partial charge in [0.1, 0.15) is 11.3 Å². The number of esters is 2. The second-order valence-electron chi connectivity index (χ2n) is 12.9. The zero-order chi connectivity index (χ0) is 33.3. The monoisotopic (exact) mass is 640 g/mol. The number of aryl methyl sites for hydroxylation is 2. The number of carbonyl (C=O) groups is 2. The van der Waals surface area contributed by atoms with E-state index in [1.165, 1.54) is 7.11 Å². The van der Waals surface area contributed by atoms with Crippen LogP contribution in [0.1, 0.15) is 85.9 Å². The Morgan fingerprint density at radius 3 is 2.60 bits per heavy atom. The van der Waals surface area contributed by atoms with Crippen LogP contribution in [0.15, 0.2) is 50.7 Å². The largest absolute Gasteiger partial charge is 0.482 e. The Morgan fingerprint density at radius 1 is 1.00 bits per heavy atom. The van der Waals surface area contributed by atoms with Gasteiger partial charge in [0.2, 0.25) is 0 Å². The molecule has 0 spiro atoms. The Balaban J connectivity index is 1.59. The highest BCUT2D eigenvalue weighted by atomic mass is 16.6. The highest BCUT2D eigenvalue weighted by molar-refractivity contribution is 5.90. The summed E-state index contributed by atoms with van der Waals surface area (Å²) >= 11 is 0. The van der Waals surface area contributed by atoms with Crippen LogP contribution in [0.4, 0.5) is 0 Å². The number of fused-ring (bicyclic) bond motifs is 7. The molecule has 3 aliphatic heterocycles. The Morgan fingerprint density at radius 2 is 1.83 bits per heavy atom. The molecule has 9 nitrogen and oxygen atoms in total. The molecule has 0 aliphatic carbocycles. The molecule has 0 amide bonds. The van der Waals surface area contributed by atoms with Gasteiger partial charge in [-0.2, -0.15) is 0 Å². The quantitative estimate of drug-likeness (QED) is 0.174. The average Bonchev–Trinajstić information content (AvgIpc) is 3.03. The standard InChI is InChI=1S/C38H40O9/c1-22(2)26-14-12-23-11-13-24-9-7-10-31(40)44-34-32-30(16-15-27-29(21-39)28(17-19-43-4)37(42)45-33(27)32)47-38(3,35(34)46-36(26)41)18-6-5-8-25(24)20-23/h11,13,15-16,20,34-35,39H,7-10,12,14,17-19,21H2,1-4H3. The molecular formula is C38H40O9. The number of hydrogen-bond acceptors (Lipinski definition) is 9. The first-order valence-electron chi connectivity index (χ1n) is 16.2. The zero-order valence-electron chi connectivity index (χ0n) is 27.3. The average molecular weight is 641 g/mol. The molecule has 4 heterocycles. The topological polar surface area (TPSA) is 122 Å². The van der Waals surface area contributed by atoms with Gasteiger partial charge in [-0.15, -0.1) is 0 Å². The molecular weight excluding hydrogens is 600 g/mol. The minimum absolute atomic E-state index is 0.104. The van der Waals surface area contributed by atoms with E-state index >= 15 is 0 Å². The maximum atomic E-state index is 14.1. The van der Waals surface area contributed by atoms with Gasteiger partial charge >= 0.3 is 17.6 Å². The molecule has 0 fully saturated rings. The number of benzene rings is 2. The van der Waals surface area contributed by atoms with E-state index in [4.69, 9.17) is 23.4 Å². The van der Waals surface area contributed by atoms with Gasteiger partial charge in [0.15, 0.2) is 17.8 Å². The summed E-state index contributed by atoms with van der Waals surface area (Å²) in [6, 6.07) is 9.76. The van der Waals surface area contributed by atoms with Crippen LogP contribution in [-0.2, 0) is 56.1 Å². The second kappa shape index (κ2) is 13.4. The molecule has 1 aromatic heterocycles. The fourth-order valence-electron chi connectivity index (χ4n) is 6.86. The molecule has 47 heavy (non-hydrogen) atoms. The van der Waals surface area contributed by atoms with Crippen LogP contribution in [0, 0.1) is 11.8 Å². The first-order chi connectivity index (χ1) is 22.6. The predicted octanol–water partition coefficient (Wildman–Crippen LogP) is 5.38. The predicted molar refractivity (Wildman–Crippen MR) is 174 cm³/mol. The fourth-order valence-corrected chi connectivity index (χ4v) is 6.86. The lowest BCUT2D eigenvalue weighted by Gasteiger charge is -2.44. The smallest absolute Gasteiger partial charge is 0.339 e. The molecule has 3 aromatic rings. The van der Waals surface area contributed by atoms with Crippen LogP contribution < -0.4 is 10.4 Å². The van der Waals surface area contributed by atoms with E-state index in [0.29, 0.717) is 59.9 Å². The lowest BCUT2D eigenvalue weighted by atomic mass is 9.83. The van der Waals surface area contributed by atoms with Crippen LogP contribution in [-0.4, -0.2) is 42.5 Å². The number of rotatable bonds is 4. The van der Waals surface area contributed by atoms with Crippen molar-refractivity contribution >= 4 is 22.9 Å². The lowest BCUT2D eigenvalue weighted by molar-refractivity contribution is -0.189. The number of hydrogen-bond donors (Lipinski definition) is 1. The van der Waals surface area contributed by atoms with Gasteiger partial charge in [-0.25, -0.2) is 9.59 Å². The Hall–Kier alpha value is -4.39. The van der Waals surface area contributed by atoms with Crippen molar-refractivity contribution in [2.24, 2.45) is 0 Å². The van der Waals surface area contributed by atoms with Gasteiger partial charge in [0.25, 0.3) is 0 Å². The third-order valence-electron chi connectivity index (χ3n) is 9.45. The molecule has 0 saturated carbocycles. The third kappa shape index (κ3) is 6.32. The van der Waals surface area contributed by atoms with E-state index in [9.17, 15) is 19.5 Å². The fraction of sp³-hybridized carbons (Fsp3) is 0.447. The van der Waals surface area contributed by atoms with Crippen LogP contribution in [0.5, 0.6) is 5.75 Å². The summed E-state index contributed by atoms with van der Waals surface area (Å²) in [5.74, 6) is 5.87. The summed E-state index contributed by atoms with van der Waals surface area (Å²) in [6.45, 7) is 5.38. The van der Waals surface area contributed by atoms with Crippen LogP contribution in [0.25, 0.3) is 11.0 Å².